The number of fused-ring (bicyclic) bond motifs is 1. The number of nitrogens with two attached hydrogens (primary N) is 1. The fourth-order valence-electron chi connectivity index (χ4n) is 7.64. The minimum Gasteiger partial charge on any atom is -0.369 e. The first-order chi connectivity index (χ1) is 24.2. The average molecular weight is 712 g/mol. The Morgan fingerprint density at radius 1 is 0.880 bits per heavy atom. The van der Waals surface area contributed by atoms with E-state index in [4.69, 9.17) is 28.9 Å². The summed E-state index contributed by atoms with van der Waals surface area (Å²) < 4.78 is 0. The summed E-state index contributed by atoms with van der Waals surface area (Å²) in [5.41, 5.74) is 11.1. The second kappa shape index (κ2) is 16.1. The van der Waals surface area contributed by atoms with Crippen molar-refractivity contribution in [3.8, 4) is 11.1 Å². The first kappa shape index (κ1) is 35.5. The Labute approximate surface area is 304 Å². The number of para-hydroxylation sites is 3. The van der Waals surface area contributed by atoms with Crippen LogP contribution < -0.4 is 20.9 Å². The number of amides is 3. The number of carbonyl (C=O) groups excluding carboxylic acids is 3. The Morgan fingerprint density at radius 3 is 2.30 bits per heavy atom. The van der Waals surface area contributed by atoms with Crippen molar-refractivity contribution >= 4 is 58.0 Å². The van der Waals surface area contributed by atoms with Crippen molar-refractivity contribution in [3.63, 3.8) is 0 Å². The molecule has 1 heterocycles. The molecule has 0 saturated heterocycles. The molecule has 0 radical (unpaired) electrons. The van der Waals surface area contributed by atoms with E-state index < -0.39 is 23.8 Å². The topological polar surface area (TPSA) is 95.7 Å². The van der Waals surface area contributed by atoms with Crippen LogP contribution in [0.25, 0.3) is 11.1 Å². The van der Waals surface area contributed by atoms with E-state index in [2.05, 4.69) is 10.2 Å². The first-order valence-corrected chi connectivity index (χ1v) is 18.4. The van der Waals surface area contributed by atoms with Crippen LogP contribution in [0.4, 0.5) is 17.1 Å². The van der Waals surface area contributed by atoms with Gasteiger partial charge in [-0.05, 0) is 72.4 Å². The zero-order valence-electron chi connectivity index (χ0n) is 28.4. The van der Waals surface area contributed by atoms with Gasteiger partial charge in [-0.25, -0.2) is 0 Å². The highest BCUT2D eigenvalue weighted by Gasteiger charge is 2.39. The summed E-state index contributed by atoms with van der Waals surface area (Å²) in [6, 6.07) is 30.2. The number of rotatable bonds is 12. The smallest absolute Gasteiger partial charge is 0.251 e. The van der Waals surface area contributed by atoms with Gasteiger partial charge in [-0.1, -0.05) is 117 Å². The van der Waals surface area contributed by atoms with Crippen LogP contribution in [-0.2, 0) is 20.9 Å². The molecule has 2 aliphatic rings. The minimum absolute atomic E-state index is 0.216. The second-order valence-electron chi connectivity index (χ2n) is 13.5. The van der Waals surface area contributed by atoms with Crippen molar-refractivity contribution < 1.29 is 14.4 Å². The molecular formula is C41H44Cl2N4O3. The molecule has 6 rings (SSSR count). The predicted octanol–water partition coefficient (Wildman–Crippen LogP) is 8.93. The molecule has 4 aromatic rings. The van der Waals surface area contributed by atoms with Gasteiger partial charge < -0.3 is 20.9 Å². The van der Waals surface area contributed by atoms with Crippen molar-refractivity contribution in [1.29, 1.82) is 0 Å². The van der Waals surface area contributed by atoms with E-state index in [1.165, 1.54) is 0 Å². The fraction of sp³-hybridized carbons (Fsp3) is 0.341. The molecular weight excluding hydrogens is 667 g/mol. The zero-order chi connectivity index (χ0) is 35.2. The Balaban J connectivity index is 1.38. The maximum Gasteiger partial charge on any atom is 0.251 e. The lowest BCUT2D eigenvalue weighted by Crippen LogP contribution is -2.54. The van der Waals surface area contributed by atoms with Gasteiger partial charge in [0, 0.05) is 33.1 Å². The number of benzene rings is 4. The average Bonchev–Trinajstić information content (AvgIpc) is 3.60. The van der Waals surface area contributed by atoms with E-state index in [1.807, 2.05) is 91.9 Å². The fourth-order valence-corrected chi connectivity index (χ4v) is 8.16. The largest absolute Gasteiger partial charge is 0.369 e. The van der Waals surface area contributed by atoms with E-state index in [0.717, 1.165) is 65.9 Å². The van der Waals surface area contributed by atoms with Gasteiger partial charge in [0.05, 0.1) is 24.5 Å². The number of anilines is 3. The van der Waals surface area contributed by atoms with Crippen molar-refractivity contribution in [1.82, 2.24) is 5.32 Å². The Kier molecular flexibility index (Phi) is 11.5. The maximum atomic E-state index is 14.8. The quantitative estimate of drug-likeness (QED) is 0.153. The number of carbonyl (C=O) groups is 3. The van der Waals surface area contributed by atoms with Gasteiger partial charge in [-0.3, -0.25) is 14.4 Å². The number of hydrogen-bond donors (Lipinski definition) is 2. The van der Waals surface area contributed by atoms with Crippen LogP contribution in [0.5, 0.6) is 0 Å². The molecule has 1 aliphatic heterocycles. The summed E-state index contributed by atoms with van der Waals surface area (Å²) >= 11 is 12.8. The van der Waals surface area contributed by atoms with Gasteiger partial charge in [-0.2, -0.15) is 0 Å². The highest BCUT2D eigenvalue weighted by molar-refractivity contribution is 6.36. The molecule has 3 amide bonds. The Morgan fingerprint density at radius 2 is 1.60 bits per heavy atom. The van der Waals surface area contributed by atoms with Gasteiger partial charge in [0.15, 0.2) is 0 Å². The van der Waals surface area contributed by atoms with Crippen LogP contribution in [-0.4, -0.2) is 30.3 Å². The molecule has 0 aromatic heterocycles. The lowest BCUT2D eigenvalue weighted by atomic mass is 9.80. The number of nitrogens with one attached hydrogen (secondary N) is 1. The summed E-state index contributed by atoms with van der Waals surface area (Å²) in [6.07, 6.45) is 6.17. The molecule has 1 aliphatic carbocycles. The molecule has 4 aromatic carbocycles. The van der Waals surface area contributed by atoms with Crippen molar-refractivity contribution in [2.45, 2.75) is 64.5 Å². The third kappa shape index (κ3) is 8.00. The van der Waals surface area contributed by atoms with E-state index >= 15 is 0 Å². The molecule has 50 heavy (non-hydrogen) atoms. The predicted molar refractivity (Wildman–Crippen MR) is 203 cm³/mol. The highest BCUT2D eigenvalue weighted by atomic mass is 35.5. The van der Waals surface area contributed by atoms with Gasteiger partial charge in [0.1, 0.15) is 6.04 Å². The third-order valence-corrected chi connectivity index (χ3v) is 10.7. The standard InChI is InChI=1S/C41H44Cl2N4O3/c1-2-11-33(39(44)48)34(23-27-12-6-7-13-27)40(49)45-36-26-46(31-16-4-3-5-17-31)37-18-8-9-19-38(37)47(41(36)50)25-28-14-10-15-29(22-28)32-21-20-30(42)24-35(32)43/h3-5,8-10,14-22,24,27,33-34,36H,2,6-7,11-13,23,25-26H2,1H3,(H2,44,48)(H,45,49). The van der Waals surface area contributed by atoms with Gasteiger partial charge in [-0.15, -0.1) is 0 Å². The Bertz CT molecular complexity index is 1830. The number of hydrogen-bond acceptors (Lipinski definition) is 4. The molecule has 0 bridgehead atoms. The molecule has 3 atom stereocenters. The molecule has 3 N–H and O–H groups in total. The number of nitrogens with zero attached hydrogens (tertiary/aromatic N) is 2. The molecule has 3 unspecified atom stereocenters. The first-order valence-electron chi connectivity index (χ1n) is 17.6. The van der Waals surface area contributed by atoms with Crippen LogP contribution in [0.15, 0.2) is 97.1 Å². The SMILES string of the molecule is CCCC(C(N)=O)C(CC1CCCC1)C(=O)NC1CN(c2ccccc2)c2ccccc2N(Cc2cccc(-c3ccc(Cl)cc3Cl)c2)C1=O. The number of primary amides is 1. The minimum atomic E-state index is -0.898. The summed E-state index contributed by atoms with van der Waals surface area (Å²) in [7, 11) is 0. The highest BCUT2D eigenvalue weighted by Crippen LogP contribution is 2.39. The molecule has 260 valence electrons. The van der Waals surface area contributed by atoms with E-state index in [0.29, 0.717) is 28.8 Å². The summed E-state index contributed by atoms with van der Waals surface area (Å²) in [5.74, 6) is -1.82. The maximum absolute atomic E-state index is 14.8. The lowest BCUT2D eigenvalue weighted by molar-refractivity contribution is -0.136. The summed E-state index contributed by atoms with van der Waals surface area (Å²) in [6.45, 7) is 2.47. The third-order valence-electron chi connectivity index (χ3n) is 10.1. The van der Waals surface area contributed by atoms with Crippen LogP contribution in [0.3, 0.4) is 0 Å². The monoisotopic (exact) mass is 710 g/mol. The normalized spacial score (nSPS) is 17.6. The second-order valence-corrected chi connectivity index (χ2v) is 14.4. The lowest BCUT2D eigenvalue weighted by Gasteiger charge is -2.30. The molecule has 1 saturated carbocycles. The van der Waals surface area contributed by atoms with Crippen LogP contribution in [0, 0.1) is 17.8 Å². The molecule has 1 fully saturated rings. The van der Waals surface area contributed by atoms with Crippen molar-refractivity contribution in [3.05, 3.63) is 113 Å². The van der Waals surface area contributed by atoms with Crippen LogP contribution in [0.2, 0.25) is 10.0 Å². The zero-order valence-corrected chi connectivity index (χ0v) is 29.9. The van der Waals surface area contributed by atoms with Gasteiger partial charge in [0.2, 0.25) is 11.8 Å². The molecule has 0 spiro atoms. The van der Waals surface area contributed by atoms with Gasteiger partial charge in [0.25, 0.3) is 5.91 Å². The van der Waals surface area contributed by atoms with E-state index in [1.54, 1.807) is 17.0 Å². The Hall–Kier alpha value is -4.33. The van der Waals surface area contributed by atoms with Gasteiger partial charge >= 0.3 is 0 Å². The molecule has 9 heteroatoms. The van der Waals surface area contributed by atoms with Crippen molar-refractivity contribution in [2.24, 2.45) is 23.5 Å². The van der Waals surface area contributed by atoms with Crippen molar-refractivity contribution in [2.75, 3.05) is 16.3 Å². The van der Waals surface area contributed by atoms with E-state index in [9.17, 15) is 14.4 Å². The summed E-state index contributed by atoms with van der Waals surface area (Å²) in [4.78, 5) is 45.8. The molecule has 7 nitrogen and oxygen atoms in total. The van der Waals surface area contributed by atoms with E-state index in [-0.39, 0.29) is 24.9 Å². The van der Waals surface area contributed by atoms with Crippen LogP contribution >= 0.6 is 23.2 Å². The summed E-state index contributed by atoms with van der Waals surface area (Å²) in [5, 5.41) is 4.26. The number of halogens is 2. The van der Waals surface area contributed by atoms with Crippen LogP contribution in [0.1, 0.15) is 57.4 Å².